The summed E-state index contributed by atoms with van der Waals surface area (Å²) < 4.78 is 23.9. The van der Waals surface area contributed by atoms with Crippen molar-refractivity contribution in [1.82, 2.24) is 40.9 Å². The minimum atomic E-state index is -0.830. The molecule has 0 saturated carbocycles. The molecule has 77 heavy (non-hydrogen) atoms. The molecule has 3 aromatic carbocycles. The number of piperidine rings is 2. The molecule has 21 heteroatoms. The third-order valence-electron chi connectivity index (χ3n) is 14.2. The Bertz CT molecular complexity index is 2820. The Hall–Kier alpha value is -7.33. The molecule has 2 atom stereocenters. The highest BCUT2D eigenvalue weighted by Gasteiger charge is 2.46. The van der Waals surface area contributed by atoms with E-state index in [-0.39, 0.29) is 102 Å². The Labute approximate surface area is 449 Å². The lowest BCUT2D eigenvalue weighted by atomic mass is 9.89. The van der Waals surface area contributed by atoms with Crippen molar-refractivity contribution in [2.75, 3.05) is 84.3 Å². The van der Waals surface area contributed by atoms with E-state index >= 15 is 0 Å². The Kier molecular flexibility index (Phi) is 20.6. The summed E-state index contributed by atoms with van der Waals surface area (Å²) in [5, 5.41) is 24.1. The Morgan fingerprint density at radius 3 is 2.26 bits per heavy atom. The summed E-state index contributed by atoms with van der Waals surface area (Å²) >= 11 is 0. The van der Waals surface area contributed by atoms with Crippen LogP contribution >= 0.6 is 0 Å². The van der Waals surface area contributed by atoms with Gasteiger partial charge in [-0.3, -0.25) is 39.1 Å². The maximum Gasteiger partial charge on any atom is 0.312 e. The number of ketones is 1. The van der Waals surface area contributed by atoms with Crippen LogP contribution in [0.2, 0.25) is 0 Å². The number of nitrogens with two attached hydrogens (primary N) is 1. The molecule has 0 bridgehead atoms. The average Bonchev–Trinajstić information content (AvgIpc) is 3.74. The Morgan fingerprint density at radius 2 is 1.56 bits per heavy atom. The number of Topliss-reactive ketones (excluding diaryl/α,β-unsaturated/α-hetero) is 1. The summed E-state index contributed by atoms with van der Waals surface area (Å²) in [7, 11) is 0. The monoisotopic (exact) mass is 1060 g/mol. The molecule has 2 aromatic heterocycles. The van der Waals surface area contributed by atoms with Gasteiger partial charge in [0.15, 0.2) is 11.6 Å². The van der Waals surface area contributed by atoms with Crippen molar-refractivity contribution in [2.45, 2.75) is 77.8 Å². The summed E-state index contributed by atoms with van der Waals surface area (Å²) in [5.74, 6) is -0.938. The first kappa shape index (κ1) is 57.4. The second kappa shape index (κ2) is 27.6. The molecule has 6 amide bonds. The Morgan fingerprint density at radius 1 is 0.831 bits per heavy atom. The number of urea groups is 1. The predicted octanol–water partition coefficient (Wildman–Crippen LogP) is 5.66. The van der Waals surface area contributed by atoms with Gasteiger partial charge in [0.25, 0.3) is 11.8 Å². The number of imide groups is 1. The number of nitrogens with zero attached hydrogens (tertiary/aromatic N) is 5. The molecule has 3 aliphatic rings. The van der Waals surface area contributed by atoms with Crippen molar-refractivity contribution in [3.05, 3.63) is 97.2 Å². The van der Waals surface area contributed by atoms with Crippen LogP contribution in [0.3, 0.4) is 0 Å². The van der Waals surface area contributed by atoms with E-state index in [2.05, 4.69) is 47.4 Å². The van der Waals surface area contributed by atoms with Crippen molar-refractivity contribution in [1.29, 1.82) is 0 Å². The third-order valence-corrected chi connectivity index (χ3v) is 14.2. The third kappa shape index (κ3) is 15.9. The summed E-state index contributed by atoms with van der Waals surface area (Å²) in [6.45, 7) is 9.79. The number of ether oxygens (including phenoxy) is 4. The van der Waals surface area contributed by atoms with Crippen LogP contribution in [0, 0.1) is 19.3 Å². The molecule has 8 rings (SSSR count). The lowest BCUT2D eigenvalue weighted by Gasteiger charge is -2.41. The second-order valence-corrected chi connectivity index (χ2v) is 20.0. The summed E-state index contributed by atoms with van der Waals surface area (Å²) in [4.78, 5) is 81.7. The van der Waals surface area contributed by atoms with E-state index in [4.69, 9.17) is 24.7 Å². The van der Waals surface area contributed by atoms with Crippen LogP contribution in [0.5, 0.6) is 5.75 Å². The van der Waals surface area contributed by atoms with Crippen molar-refractivity contribution >= 4 is 52.0 Å². The van der Waals surface area contributed by atoms with Gasteiger partial charge in [-0.05, 0) is 80.5 Å². The number of H-pyrrole nitrogens is 2. The number of amides is 6. The number of anilines is 1. The average molecular weight is 1060 g/mol. The van der Waals surface area contributed by atoms with Crippen molar-refractivity contribution in [2.24, 2.45) is 17.6 Å². The van der Waals surface area contributed by atoms with Crippen LogP contribution < -0.4 is 26.4 Å². The quantitative estimate of drug-likeness (QED) is 0.0136. The predicted molar refractivity (Wildman–Crippen MR) is 288 cm³/mol. The largest absolute Gasteiger partial charge is 0.488 e. The van der Waals surface area contributed by atoms with E-state index in [9.17, 15) is 28.8 Å². The number of fused-ring (bicyclic) bond motifs is 1. The fraction of sp³-hybridized carbons (Fsp3) is 0.464. The molecular formula is C56H73N11O10. The van der Waals surface area contributed by atoms with Crippen LogP contribution in [-0.2, 0) is 44.7 Å². The maximum atomic E-state index is 13.9. The highest BCUT2D eigenvalue weighted by molar-refractivity contribution is 6.25. The molecule has 5 aromatic rings. The maximum absolute atomic E-state index is 13.9. The number of quaternary nitrogens is 1. The topological polar surface area (TPSA) is 275 Å². The molecule has 0 unspecified atom stereocenters. The smallest absolute Gasteiger partial charge is 0.312 e. The number of nitrogens with one attached hydrogen (secondary N) is 5. The fourth-order valence-corrected chi connectivity index (χ4v) is 9.93. The van der Waals surface area contributed by atoms with Gasteiger partial charge in [0, 0.05) is 70.6 Å². The summed E-state index contributed by atoms with van der Waals surface area (Å²) in [5.41, 5.74) is 11.8. The summed E-state index contributed by atoms with van der Waals surface area (Å²) in [6.07, 6.45) is 6.06. The van der Waals surface area contributed by atoms with Gasteiger partial charge in [-0.2, -0.15) is 10.2 Å². The number of benzene rings is 3. The molecule has 0 spiro atoms. The first-order valence-corrected chi connectivity index (χ1v) is 26.4. The van der Waals surface area contributed by atoms with Crippen LogP contribution in [0.25, 0.3) is 33.5 Å². The van der Waals surface area contributed by atoms with Crippen LogP contribution in [0.1, 0.15) is 70.8 Å². The minimum absolute atomic E-state index is 0. The zero-order chi connectivity index (χ0) is 53.4. The van der Waals surface area contributed by atoms with Gasteiger partial charge in [0.2, 0.25) is 11.8 Å². The van der Waals surface area contributed by atoms with Gasteiger partial charge in [-0.1, -0.05) is 38.1 Å². The van der Waals surface area contributed by atoms with E-state index < -0.39 is 18.0 Å². The number of aromatic nitrogens is 5. The number of rotatable bonds is 31. The molecule has 7 N–H and O–H groups in total. The van der Waals surface area contributed by atoms with Gasteiger partial charge in [-0.15, -0.1) is 0 Å². The number of primary amides is 1. The van der Waals surface area contributed by atoms with Crippen molar-refractivity contribution < 1.29 is 52.2 Å². The highest BCUT2D eigenvalue weighted by Crippen LogP contribution is 2.40. The number of hydrogen-bond donors (Lipinski definition) is 6. The van der Waals surface area contributed by atoms with Crippen molar-refractivity contribution in [3.63, 3.8) is 0 Å². The molecule has 4 heterocycles. The molecule has 1 aliphatic carbocycles. The molecule has 0 radical (unpaired) electrons. The van der Waals surface area contributed by atoms with E-state index in [0.29, 0.717) is 55.1 Å². The van der Waals surface area contributed by atoms with Gasteiger partial charge >= 0.3 is 6.03 Å². The highest BCUT2D eigenvalue weighted by atomic mass is 16.5. The lowest BCUT2D eigenvalue weighted by Crippen LogP contribution is -2.52. The lowest BCUT2D eigenvalue weighted by molar-refractivity contribution is -0.945. The SMILES string of the molecule is CC(C)[C@H](NC(=O)CCOCCOCCOCCN1C(=O)C2=C(C2)C1=O)C(=O)C[C@@H](CCCNC(N)=O)C(=O)Nc1ccc(C[N+]2(CCOc3cccc(-c4n[nH]c5ccc(-c6ncn[nH]6)cc45)c3)CCCCC2)cc1.[CH3-]. The standard InChI is InChI=1S/C55H69N11O10.CH3/c1-36(2)49(61-48(68)17-23-73-26-28-75-29-27-74-24-19-65-53(70)43-33-44(43)54(65)71)47(67)32-40(9-7-18-57-55(56)72)52(69)60-41-14-11-37(12-15-41)34-66(20-4-3-5-21-66)22-25-76-42-10-6-8-38(30-42)50-45-31-39(51-58-35-59-64-51)13-16-46(45)62-63-50;/h6,8,10-16,30-31,35-36,40,49H,3-5,7,9,17-29,32-34H2,1-2H3,(H6-,56,57,58,59,60,61,62,63,64,68,69,70,71,72);1H3/q;-1/p+1/t40-,49+;/m1./s1. The zero-order valence-electron chi connectivity index (χ0n) is 44.4. The number of carbonyl (C=O) groups is 6. The van der Waals surface area contributed by atoms with E-state index in [1.807, 2.05) is 74.5 Å². The van der Waals surface area contributed by atoms with Gasteiger partial charge in [0.05, 0.1) is 70.8 Å². The van der Waals surface area contributed by atoms with Gasteiger partial charge < -0.3 is 52.5 Å². The molecule has 1 fully saturated rings. The van der Waals surface area contributed by atoms with Crippen LogP contribution in [0.15, 0.2) is 84.2 Å². The van der Waals surface area contributed by atoms with Crippen LogP contribution in [0.4, 0.5) is 10.5 Å². The number of hydrogen-bond acceptors (Lipinski definition) is 13. The second-order valence-electron chi connectivity index (χ2n) is 20.0. The normalized spacial score (nSPS) is 15.5. The van der Waals surface area contributed by atoms with Crippen molar-refractivity contribution in [3.8, 4) is 28.4 Å². The van der Waals surface area contributed by atoms with E-state index in [1.165, 1.54) is 17.6 Å². The first-order chi connectivity index (χ1) is 36.9. The number of likely N-dealkylation sites (tertiary alicyclic amines) is 2. The first-order valence-electron chi connectivity index (χ1n) is 26.4. The van der Waals surface area contributed by atoms with Gasteiger partial charge in [-0.25, -0.2) is 9.78 Å². The number of aromatic amines is 2. The fourth-order valence-electron chi connectivity index (χ4n) is 9.93. The zero-order valence-corrected chi connectivity index (χ0v) is 44.4. The molecule has 21 nitrogen and oxygen atoms in total. The number of carbonyl (C=O) groups excluding carboxylic acids is 6. The summed E-state index contributed by atoms with van der Waals surface area (Å²) in [6, 6.07) is 20.4. The Balaban J connectivity index is 0.00000861. The van der Waals surface area contributed by atoms with Crippen LogP contribution in [-0.4, -0.2) is 155 Å². The molecule has 2 aliphatic heterocycles. The molecular weight excluding hydrogens is 987 g/mol. The van der Waals surface area contributed by atoms with Gasteiger partial charge in [0.1, 0.15) is 37.5 Å². The molecule has 1 saturated heterocycles. The van der Waals surface area contributed by atoms with E-state index in [0.717, 1.165) is 82.5 Å². The minimum Gasteiger partial charge on any atom is -0.488 e. The van der Waals surface area contributed by atoms with E-state index in [1.54, 1.807) is 0 Å². The molecule has 412 valence electrons.